The van der Waals surface area contributed by atoms with Gasteiger partial charge in [-0.1, -0.05) is 6.92 Å². The number of rotatable bonds is 3. The first kappa shape index (κ1) is 13.5. The van der Waals surface area contributed by atoms with Gasteiger partial charge in [-0.3, -0.25) is 4.79 Å². The van der Waals surface area contributed by atoms with Crippen LogP contribution in [0.4, 0.5) is 0 Å². The largest absolute Gasteiger partial charge is 0.394 e. The normalized spacial score (nSPS) is 27.7. The molecule has 94 valence electrons. The molecule has 0 saturated carbocycles. The molecule has 1 aliphatic heterocycles. The molecule has 0 spiro atoms. The van der Waals surface area contributed by atoms with Crippen molar-refractivity contribution in [2.24, 2.45) is 0 Å². The summed E-state index contributed by atoms with van der Waals surface area (Å²) >= 11 is 0. The molecule has 0 aromatic rings. The molecule has 16 heavy (non-hydrogen) atoms. The average Bonchev–Trinajstić information content (AvgIpc) is 2.33. The number of aliphatic hydroxyl groups excluding tert-OH is 1. The second kappa shape index (κ2) is 5.15. The highest BCUT2D eigenvalue weighted by Gasteiger charge is 2.39. The van der Waals surface area contributed by atoms with Gasteiger partial charge >= 0.3 is 0 Å². The Balaban J connectivity index is 2.97. The maximum absolute atomic E-state index is 12.3. The Labute approximate surface area is 98.0 Å². The highest BCUT2D eigenvalue weighted by atomic mass is 16.3. The molecule has 0 radical (unpaired) electrons. The summed E-state index contributed by atoms with van der Waals surface area (Å²) < 4.78 is 0. The minimum atomic E-state index is -0.434. The van der Waals surface area contributed by atoms with E-state index in [1.165, 1.54) is 0 Å². The van der Waals surface area contributed by atoms with E-state index in [0.717, 1.165) is 19.4 Å². The highest BCUT2D eigenvalue weighted by Crippen LogP contribution is 2.25. The van der Waals surface area contributed by atoms with Crippen molar-refractivity contribution in [2.45, 2.75) is 58.2 Å². The van der Waals surface area contributed by atoms with Crippen molar-refractivity contribution < 1.29 is 9.90 Å². The van der Waals surface area contributed by atoms with Crippen LogP contribution in [0, 0.1) is 0 Å². The summed E-state index contributed by atoms with van der Waals surface area (Å²) in [5, 5.41) is 12.3. The van der Waals surface area contributed by atoms with E-state index in [4.69, 9.17) is 0 Å². The molecule has 1 heterocycles. The molecule has 4 heteroatoms. The smallest absolute Gasteiger partial charge is 0.242 e. The lowest BCUT2D eigenvalue weighted by Gasteiger charge is -2.42. The molecule has 1 rings (SSSR count). The number of hydrogen-bond donors (Lipinski definition) is 2. The molecule has 0 aromatic heterocycles. The number of carbonyl (C=O) groups excluding carboxylic acids is 1. The number of carbonyl (C=O) groups is 1. The molecule has 1 saturated heterocycles. The molecular weight excluding hydrogens is 204 g/mol. The Morgan fingerprint density at radius 3 is 2.75 bits per heavy atom. The van der Waals surface area contributed by atoms with Gasteiger partial charge in [-0.05, 0) is 40.2 Å². The van der Waals surface area contributed by atoms with E-state index in [9.17, 15) is 9.90 Å². The van der Waals surface area contributed by atoms with Gasteiger partial charge in [0.25, 0.3) is 0 Å². The van der Waals surface area contributed by atoms with Crippen LogP contribution in [0.1, 0.15) is 40.5 Å². The lowest BCUT2D eigenvalue weighted by atomic mass is 9.95. The standard InChI is InChI=1S/C12H24N2O2/c1-5-9(2)14-11(16)10(8-15)13-7-6-12(14,3)4/h9-10,13,15H,5-8H2,1-4H3. The van der Waals surface area contributed by atoms with Crippen molar-refractivity contribution in [3.05, 3.63) is 0 Å². The summed E-state index contributed by atoms with van der Waals surface area (Å²) in [5.74, 6) is 0.0272. The molecule has 2 N–H and O–H groups in total. The summed E-state index contributed by atoms with van der Waals surface area (Å²) in [4.78, 5) is 14.2. The van der Waals surface area contributed by atoms with Crippen molar-refractivity contribution in [3.8, 4) is 0 Å². The molecule has 0 bridgehead atoms. The Kier molecular flexibility index (Phi) is 4.33. The van der Waals surface area contributed by atoms with Gasteiger partial charge in [-0.25, -0.2) is 0 Å². The fraction of sp³-hybridized carbons (Fsp3) is 0.917. The molecule has 2 atom stereocenters. The number of hydrogen-bond acceptors (Lipinski definition) is 3. The third kappa shape index (κ3) is 2.55. The fourth-order valence-electron chi connectivity index (χ4n) is 2.37. The lowest BCUT2D eigenvalue weighted by Crippen LogP contribution is -2.55. The summed E-state index contributed by atoms with van der Waals surface area (Å²) in [6.45, 7) is 9.00. The van der Waals surface area contributed by atoms with Gasteiger partial charge in [0.05, 0.1) is 6.61 Å². The van der Waals surface area contributed by atoms with Gasteiger partial charge in [0.1, 0.15) is 6.04 Å². The van der Waals surface area contributed by atoms with E-state index in [2.05, 4.69) is 33.0 Å². The van der Waals surface area contributed by atoms with Gasteiger partial charge < -0.3 is 15.3 Å². The second-order valence-electron chi connectivity index (χ2n) is 5.22. The van der Waals surface area contributed by atoms with Crippen LogP contribution in [-0.4, -0.2) is 46.7 Å². The Morgan fingerprint density at radius 1 is 1.62 bits per heavy atom. The summed E-state index contributed by atoms with van der Waals surface area (Å²) in [5.41, 5.74) is -0.135. The van der Waals surface area contributed by atoms with Crippen molar-refractivity contribution >= 4 is 5.91 Å². The average molecular weight is 228 g/mol. The Bertz CT molecular complexity index is 253. The van der Waals surface area contributed by atoms with Crippen molar-refractivity contribution in [1.29, 1.82) is 0 Å². The van der Waals surface area contributed by atoms with E-state index in [1.54, 1.807) is 0 Å². The van der Waals surface area contributed by atoms with Crippen LogP contribution in [-0.2, 0) is 4.79 Å². The van der Waals surface area contributed by atoms with E-state index >= 15 is 0 Å². The minimum absolute atomic E-state index is 0.0272. The van der Waals surface area contributed by atoms with E-state index in [0.29, 0.717) is 0 Å². The predicted molar refractivity (Wildman–Crippen MR) is 64.2 cm³/mol. The number of nitrogens with zero attached hydrogens (tertiary/aromatic N) is 1. The maximum Gasteiger partial charge on any atom is 0.242 e. The van der Waals surface area contributed by atoms with Crippen LogP contribution in [0.15, 0.2) is 0 Å². The number of nitrogens with one attached hydrogen (secondary N) is 1. The highest BCUT2D eigenvalue weighted by molar-refractivity contribution is 5.83. The van der Waals surface area contributed by atoms with Gasteiger partial charge in [-0.15, -0.1) is 0 Å². The van der Waals surface area contributed by atoms with Gasteiger partial charge in [0.2, 0.25) is 5.91 Å². The first-order valence-corrected chi connectivity index (χ1v) is 6.11. The van der Waals surface area contributed by atoms with Crippen LogP contribution in [0.25, 0.3) is 0 Å². The summed E-state index contributed by atoms with van der Waals surface area (Å²) in [6, 6.07) is -0.216. The SMILES string of the molecule is CCC(C)N1C(=O)C(CO)NCCC1(C)C. The lowest BCUT2D eigenvalue weighted by molar-refractivity contribution is -0.141. The molecule has 2 unspecified atom stereocenters. The van der Waals surface area contributed by atoms with Crippen LogP contribution < -0.4 is 5.32 Å². The van der Waals surface area contributed by atoms with E-state index in [1.807, 2.05) is 4.90 Å². The summed E-state index contributed by atoms with van der Waals surface area (Å²) in [7, 11) is 0. The first-order chi connectivity index (χ1) is 7.44. The Morgan fingerprint density at radius 2 is 2.25 bits per heavy atom. The molecule has 1 aliphatic rings. The van der Waals surface area contributed by atoms with Crippen LogP contribution >= 0.6 is 0 Å². The maximum atomic E-state index is 12.3. The fourth-order valence-corrected chi connectivity index (χ4v) is 2.37. The molecule has 0 aliphatic carbocycles. The zero-order chi connectivity index (χ0) is 12.3. The van der Waals surface area contributed by atoms with Gasteiger partial charge in [0, 0.05) is 11.6 Å². The molecule has 1 fully saturated rings. The van der Waals surface area contributed by atoms with Gasteiger partial charge in [-0.2, -0.15) is 0 Å². The third-order valence-electron chi connectivity index (χ3n) is 3.53. The van der Waals surface area contributed by atoms with Crippen LogP contribution in [0.2, 0.25) is 0 Å². The molecule has 1 amide bonds. The number of aliphatic hydroxyl groups is 1. The molecule has 0 aromatic carbocycles. The van der Waals surface area contributed by atoms with Gasteiger partial charge in [0.15, 0.2) is 0 Å². The van der Waals surface area contributed by atoms with Crippen molar-refractivity contribution in [1.82, 2.24) is 10.2 Å². The Hall–Kier alpha value is -0.610. The monoisotopic (exact) mass is 228 g/mol. The summed E-state index contributed by atoms with van der Waals surface area (Å²) in [6.07, 6.45) is 1.85. The van der Waals surface area contributed by atoms with Crippen molar-refractivity contribution in [2.75, 3.05) is 13.2 Å². The first-order valence-electron chi connectivity index (χ1n) is 6.11. The quantitative estimate of drug-likeness (QED) is 0.749. The van der Waals surface area contributed by atoms with Crippen molar-refractivity contribution in [3.63, 3.8) is 0 Å². The predicted octanol–water partition coefficient (Wildman–Crippen LogP) is 0.746. The van der Waals surface area contributed by atoms with Crippen LogP contribution in [0.5, 0.6) is 0 Å². The number of amides is 1. The van der Waals surface area contributed by atoms with Crippen LogP contribution in [0.3, 0.4) is 0 Å². The molecule has 4 nitrogen and oxygen atoms in total. The zero-order valence-corrected chi connectivity index (χ0v) is 10.8. The zero-order valence-electron chi connectivity index (χ0n) is 10.8. The second-order valence-corrected chi connectivity index (χ2v) is 5.22. The third-order valence-corrected chi connectivity index (χ3v) is 3.53. The topological polar surface area (TPSA) is 52.6 Å². The van der Waals surface area contributed by atoms with E-state index < -0.39 is 6.04 Å². The minimum Gasteiger partial charge on any atom is -0.394 e. The molecular formula is C12H24N2O2. The van der Waals surface area contributed by atoms with E-state index in [-0.39, 0.29) is 24.1 Å².